The third-order valence-electron chi connectivity index (χ3n) is 7.02. The predicted octanol–water partition coefficient (Wildman–Crippen LogP) is 1.36. The first kappa shape index (κ1) is 17.8. The fourth-order valence-electron chi connectivity index (χ4n) is 5.56. The standard InChI is InChI=1S/C20H29N7O/c21-16-10-14-2-1-3-15(11-16)19(14)23-20(28)13-6-8-26(9-7-13)18-5-4-17-24-22-12-27(17)25-18/h4-5,12-16,19H,1-3,6-11,21H2,(H,23,28). The number of carbonyl (C=O) groups excluding carboxylic acids is 1. The monoisotopic (exact) mass is 383 g/mol. The Balaban J connectivity index is 1.19. The van der Waals surface area contributed by atoms with Gasteiger partial charge in [0.05, 0.1) is 0 Å². The Morgan fingerprint density at radius 3 is 2.61 bits per heavy atom. The summed E-state index contributed by atoms with van der Waals surface area (Å²) < 4.78 is 1.70. The second-order valence-electron chi connectivity index (χ2n) is 8.80. The van der Waals surface area contributed by atoms with Crippen LogP contribution in [0.1, 0.15) is 44.9 Å². The van der Waals surface area contributed by atoms with Gasteiger partial charge >= 0.3 is 0 Å². The highest BCUT2D eigenvalue weighted by molar-refractivity contribution is 5.79. The number of rotatable bonds is 3. The van der Waals surface area contributed by atoms with Crippen LogP contribution in [0.2, 0.25) is 0 Å². The number of fused-ring (bicyclic) bond motifs is 3. The summed E-state index contributed by atoms with van der Waals surface area (Å²) in [6.45, 7) is 1.70. The van der Waals surface area contributed by atoms with E-state index in [0.29, 0.717) is 23.9 Å². The highest BCUT2D eigenvalue weighted by atomic mass is 16.2. The van der Waals surface area contributed by atoms with Crippen LogP contribution < -0.4 is 16.0 Å². The molecule has 1 amide bonds. The molecule has 2 bridgehead atoms. The number of hydrogen-bond acceptors (Lipinski definition) is 6. The van der Waals surface area contributed by atoms with Crippen LogP contribution in [0, 0.1) is 17.8 Å². The molecule has 2 atom stereocenters. The molecule has 2 aromatic heterocycles. The first-order valence-electron chi connectivity index (χ1n) is 10.7. The van der Waals surface area contributed by atoms with E-state index in [2.05, 4.69) is 25.5 Å². The molecule has 2 unspecified atom stereocenters. The van der Waals surface area contributed by atoms with Crippen molar-refractivity contribution in [1.29, 1.82) is 0 Å². The van der Waals surface area contributed by atoms with E-state index in [0.717, 1.165) is 50.2 Å². The lowest BCUT2D eigenvalue weighted by Crippen LogP contribution is -2.55. The molecule has 2 aliphatic carbocycles. The van der Waals surface area contributed by atoms with Crippen molar-refractivity contribution in [3.05, 3.63) is 18.5 Å². The molecule has 0 aromatic carbocycles. The van der Waals surface area contributed by atoms with Gasteiger partial charge in [0.1, 0.15) is 12.1 Å². The molecule has 5 rings (SSSR count). The van der Waals surface area contributed by atoms with Crippen LogP contribution >= 0.6 is 0 Å². The second kappa shape index (κ2) is 7.31. The minimum absolute atomic E-state index is 0.103. The summed E-state index contributed by atoms with van der Waals surface area (Å²) in [7, 11) is 0. The number of amides is 1. The quantitative estimate of drug-likeness (QED) is 0.830. The van der Waals surface area contributed by atoms with Crippen molar-refractivity contribution in [2.24, 2.45) is 23.5 Å². The van der Waals surface area contributed by atoms with Crippen molar-refractivity contribution < 1.29 is 4.79 Å². The Hall–Kier alpha value is -2.22. The number of nitrogens with two attached hydrogens (primary N) is 1. The van der Waals surface area contributed by atoms with Gasteiger partial charge in [-0.3, -0.25) is 4.79 Å². The Kier molecular flexibility index (Phi) is 4.66. The lowest BCUT2D eigenvalue weighted by atomic mass is 9.67. The average molecular weight is 384 g/mol. The van der Waals surface area contributed by atoms with E-state index in [-0.39, 0.29) is 11.8 Å². The summed E-state index contributed by atoms with van der Waals surface area (Å²) in [6, 6.07) is 4.58. The summed E-state index contributed by atoms with van der Waals surface area (Å²) in [5.74, 6) is 2.42. The van der Waals surface area contributed by atoms with Gasteiger partial charge in [-0.1, -0.05) is 6.42 Å². The topological polar surface area (TPSA) is 101 Å². The molecule has 1 saturated heterocycles. The molecule has 28 heavy (non-hydrogen) atoms. The van der Waals surface area contributed by atoms with Gasteiger partial charge < -0.3 is 16.0 Å². The summed E-state index contributed by atoms with van der Waals surface area (Å²) in [5.41, 5.74) is 6.97. The Labute approximate surface area is 164 Å². The molecule has 3 aliphatic rings. The lowest BCUT2D eigenvalue weighted by Gasteiger charge is -2.45. The van der Waals surface area contributed by atoms with Crippen molar-refractivity contribution in [3.63, 3.8) is 0 Å². The van der Waals surface area contributed by atoms with E-state index in [1.54, 1.807) is 10.8 Å². The van der Waals surface area contributed by atoms with E-state index in [9.17, 15) is 4.79 Å². The third kappa shape index (κ3) is 3.34. The third-order valence-corrected chi connectivity index (χ3v) is 7.02. The van der Waals surface area contributed by atoms with Gasteiger partial charge in [0, 0.05) is 31.1 Å². The molecule has 2 saturated carbocycles. The molecule has 8 nitrogen and oxygen atoms in total. The average Bonchev–Trinajstić information content (AvgIpc) is 3.16. The lowest BCUT2D eigenvalue weighted by molar-refractivity contribution is -0.128. The Morgan fingerprint density at radius 2 is 1.86 bits per heavy atom. The van der Waals surface area contributed by atoms with Crippen molar-refractivity contribution in [3.8, 4) is 0 Å². The molecule has 150 valence electrons. The van der Waals surface area contributed by atoms with Crippen LogP contribution in [0.5, 0.6) is 0 Å². The van der Waals surface area contributed by atoms with Crippen molar-refractivity contribution in [1.82, 2.24) is 25.1 Å². The molecule has 0 radical (unpaired) electrons. The number of aromatic nitrogens is 4. The smallest absolute Gasteiger partial charge is 0.223 e. The Morgan fingerprint density at radius 1 is 1.11 bits per heavy atom. The van der Waals surface area contributed by atoms with Gasteiger partial charge in [-0.15, -0.1) is 15.3 Å². The highest BCUT2D eigenvalue weighted by Crippen LogP contribution is 2.40. The molecular weight excluding hydrogens is 354 g/mol. The normalized spacial score (nSPS) is 31.1. The first-order chi connectivity index (χ1) is 13.7. The van der Waals surface area contributed by atoms with Crippen molar-refractivity contribution in [2.75, 3.05) is 18.0 Å². The van der Waals surface area contributed by atoms with Gasteiger partial charge in [0.25, 0.3) is 0 Å². The van der Waals surface area contributed by atoms with Crippen LogP contribution in [0.3, 0.4) is 0 Å². The molecule has 2 aromatic rings. The Bertz CT molecular complexity index is 830. The van der Waals surface area contributed by atoms with Gasteiger partial charge in [-0.05, 0) is 62.5 Å². The predicted molar refractivity (Wildman–Crippen MR) is 106 cm³/mol. The van der Waals surface area contributed by atoms with Crippen LogP contribution in [-0.2, 0) is 4.79 Å². The SMILES string of the molecule is NC1CC2CCCC(C1)C2NC(=O)C1CCN(c2ccc3nncn3n2)CC1. The van der Waals surface area contributed by atoms with Crippen LogP contribution in [0.15, 0.2) is 18.5 Å². The fourth-order valence-corrected chi connectivity index (χ4v) is 5.56. The summed E-state index contributed by atoms with van der Waals surface area (Å²) in [6.07, 6.45) is 9.21. The molecule has 0 spiro atoms. The van der Waals surface area contributed by atoms with E-state index in [1.165, 1.54) is 19.3 Å². The van der Waals surface area contributed by atoms with Gasteiger partial charge in [0.15, 0.2) is 5.65 Å². The number of carbonyl (C=O) groups is 1. The summed E-state index contributed by atoms with van der Waals surface area (Å²) in [4.78, 5) is 15.2. The minimum Gasteiger partial charge on any atom is -0.355 e. The highest BCUT2D eigenvalue weighted by Gasteiger charge is 2.40. The number of hydrogen-bond donors (Lipinski definition) is 2. The minimum atomic E-state index is 0.103. The number of anilines is 1. The zero-order valence-corrected chi connectivity index (χ0v) is 16.2. The van der Waals surface area contributed by atoms with E-state index in [1.807, 2.05) is 12.1 Å². The fraction of sp³-hybridized carbons (Fsp3) is 0.700. The number of nitrogens with zero attached hydrogens (tertiary/aromatic N) is 5. The molecular formula is C20H29N7O. The summed E-state index contributed by atoms with van der Waals surface area (Å²) >= 11 is 0. The largest absolute Gasteiger partial charge is 0.355 e. The van der Waals surface area contributed by atoms with Crippen LogP contribution in [-0.4, -0.2) is 50.9 Å². The van der Waals surface area contributed by atoms with Gasteiger partial charge in [-0.2, -0.15) is 4.52 Å². The molecule has 3 heterocycles. The van der Waals surface area contributed by atoms with Crippen LogP contribution in [0.25, 0.3) is 5.65 Å². The molecule has 3 fully saturated rings. The van der Waals surface area contributed by atoms with E-state index in [4.69, 9.17) is 5.73 Å². The summed E-state index contributed by atoms with van der Waals surface area (Å²) in [5, 5.41) is 15.9. The van der Waals surface area contributed by atoms with Gasteiger partial charge in [0.2, 0.25) is 5.91 Å². The maximum Gasteiger partial charge on any atom is 0.223 e. The zero-order valence-electron chi connectivity index (χ0n) is 16.2. The van der Waals surface area contributed by atoms with Crippen molar-refractivity contribution in [2.45, 2.75) is 57.0 Å². The molecule has 1 aliphatic heterocycles. The zero-order chi connectivity index (χ0) is 19.1. The van der Waals surface area contributed by atoms with E-state index < -0.39 is 0 Å². The van der Waals surface area contributed by atoms with E-state index >= 15 is 0 Å². The maximum atomic E-state index is 13.0. The first-order valence-corrected chi connectivity index (χ1v) is 10.7. The maximum absolute atomic E-state index is 13.0. The number of nitrogens with one attached hydrogen (secondary N) is 1. The van der Waals surface area contributed by atoms with Gasteiger partial charge in [-0.25, -0.2) is 0 Å². The number of piperidine rings is 1. The molecule has 3 N–H and O–H groups in total. The van der Waals surface area contributed by atoms with Crippen LogP contribution in [0.4, 0.5) is 5.82 Å². The second-order valence-corrected chi connectivity index (χ2v) is 8.80. The molecule has 8 heteroatoms. The van der Waals surface area contributed by atoms with Crippen molar-refractivity contribution >= 4 is 17.4 Å².